The highest BCUT2D eigenvalue weighted by atomic mass is 16.1. The van der Waals surface area contributed by atoms with E-state index in [1.54, 1.807) is 0 Å². The summed E-state index contributed by atoms with van der Waals surface area (Å²) in [5.74, 6) is 0.511. The van der Waals surface area contributed by atoms with Gasteiger partial charge in [0.15, 0.2) is 0 Å². The number of pyridine rings is 1. The van der Waals surface area contributed by atoms with Gasteiger partial charge in [-0.05, 0) is 56.4 Å². The summed E-state index contributed by atoms with van der Waals surface area (Å²) in [6, 6.07) is 18.4. The standard InChI is InChI=1S/C22H22N2O/c1-14-8-11-20-18(12-14)13-19(15(2)23-20)22(25)24-21(17-9-10-17)16-6-4-3-5-7-16/h3-8,11-13,17,21H,9-10H2,1-2H3,(H,24,25). The Labute approximate surface area is 148 Å². The Balaban J connectivity index is 1.66. The Morgan fingerprint density at radius 1 is 1.08 bits per heavy atom. The van der Waals surface area contributed by atoms with Crippen molar-refractivity contribution in [3.63, 3.8) is 0 Å². The zero-order valence-electron chi connectivity index (χ0n) is 14.6. The number of benzene rings is 2. The summed E-state index contributed by atoms with van der Waals surface area (Å²) in [4.78, 5) is 17.6. The Morgan fingerprint density at radius 2 is 1.84 bits per heavy atom. The highest BCUT2D eigenvalue weighted by molar-refractivity contribution is 5.99. The van der Waals surface area contributed by atoms with Crippen LogP contribution in [0.3, 0.4) is 0 Å². The van der Waals surface area contributed by atoms with Crippen LogP contribution < -0.4 is 5.32 Å². The van der Waals surface area contributed by atoms with Gasteiger partial charge in [0.1, 0.15) is 0 Å². The largest absolute Gasteiger partial charge is 0.345 e. The van der Waals surface area contributed by atoms with E-state index in [1.807, 2.05) is 43.3 Å². The summed E-state index contributed by atoms with van der Waals surface area (Å²) < 4.78 is 0. The molecule has 1 N–H and O–H groups in total. The second-order valence-electron chi connectivity index (χ2n) is 7.02. The molecule has 1 amide bonds. The number of aryl methyl sites for hydroxylation is 2. The predicted octanol–water partition coefficient (Wildman–Crippen LogP) is 4.73. The van der Waals surface area contributed by atoms with Crippen molar-refractivity contribution < 1.29 is 4.79 Å². The number of nitrogens with one attached hydrogen (secondary N) is 1. The number of rotatable bonds is 4. The SMILES string of the molecule is Cc1ccc2nc(C)c(C(=O)NC(c3ccccc3)C3CC3)cc2c1. The maximum absolute atomic E-state index is 13.0. The minimum absolute atomic E-state index is 0.0332. The van der Waals surface area contributed by atoms with Crippen molar-refractivity contribution in [1.29, 1.82) is 0 Å². The van der Waals surface area contributed by atoms with E-state index < -0.39 is 0 Å². The summed E-state index contributed by atoms with van der Waals surface area (Å²) in [6.45, 7) is 3.96. The van der Waals surface area contributed by atoms with E-state index in [9.17, 15) is 4.79 Å². The van der Waals surface area contributed by atoms with Crippen LogP contribution in [0.15, 0.2) is 54.6 Å². The van der Waals surface area contributed by atoms with Crippen LogP contribution in [0.25, 0.3) is 10.9 Å². The summed E-state index contributed by atoms with van der Waals surface area (Å²) >= 11 is 0. The highest BCUT2D eigenvalue weighted by Gasteiger charge is 2.33. The van der Waals surface area contributed by atoms with E-state index in [2.05, 4.69) is 35.4 Å². The second kappa shape index (κ2) is 6.32. The van der Waals surface area contributed by atoms with Crippen LogP contribution in [0.2, 0.25) is 0 Å². The lowest BCUT2D eigenvalue weighted by Crippen LogP contribution is -2.30. The first-order chi connectivity index (χ1) is 12.1. The van der Waals surface area contributed by atoms with Gasteiger partial charge in [0.2, 0.25) is 0 Å². The number of aromatic nitrogens is 1. The second-order valence-corrected chi connectivity index (χ2v) is 7.02. The number of amides is 1. The number of nitrogens with zero attached hydrogens (tertiary/aromatic N) is 1. The monoisotopic (exact) mass is 330 g/mol. The molecule has 0 spiro atoms. The van der Waals surface area contributed by atoms with Gasteiger partial charge in [-0.1, -0.05) is 42.0 Å². The lowest BCUT2D eigenvalue weighted by Gasteiger charge is -2.19. The van der Waals surface area contributed by atoms with E-state index in [-0.39, 0.29) is 11.9 Å². The van der Waals surface area contributed by atoms with Crippen LogP contribution in [0.4, 0.5) is 0 Å². The molecule has 4 rings (SSSR count). The third-order valence-corrected chi connectivity index (χ3v) is 4.94. The first-order valence-corrected chi connectivity index (χ1v) is 8.85. The molecule has 25 heavy (non-hydrogen) atoms. The minimum atomic E-state index is -0.0332. The maximum atomic E-state index is 13.0. The van der Waals surface area contributed by atoms with Crippen molar-refractivity contribution in [3.05, 3.63) is 77.0 Å². The molecule has 3 aromatic rings. The Kier molecular flexibility index (Phi) is 4.00. The van der Waals surface area contributed by atoms with Crippen molar-refractivity contribution in [1.82, 2.24) is 10.3 Å². The van der Waals surface area contributed by atoms with E-state index >= 15 is 0 Å². The molecule has 3 nitrogen and oxygen atoms in total. The molecule has 1 aliphatic rings. The molecular formula is C22H22N2O. The molecule has 1 aromatic heterocycles. The number of carbonyl (C=O) groups excluding carboxylic acids is 1. The zero-order valence-corrected chi connectivity index (χ0v) is 14.6. The molecule has 0 radical (unpaired) electrons. The first-order valence-electron chi connectivity index (χ1n) is 8.85. The Morgan fingerprint density at radius 3 is 2.56 bits per heavy atom. The van der Waals surface area contributed by atoms with Crippen molar-refractivity contribution in [2.24, 2.45) is 5.92 Å². The van der Waals surface area contributed by atoms with Gasteiger partial charge >= 0.3 is 0 Å². The van der Waals surface area contributed by atoms with Gasteiger partial charge in [-0.25, -0.2) is 0 Å². The van der Waals surface area contributed by atoms with Crippen LogP contribution in [0, 0.1) is 19.8 Å². The highest BCUT2D eigenvalue weighted by Crippen LogP contribution is 2.41. The van der Waals surface area contributed by atoms with Gasteiger partial charge in [-0.15, -0.1) is 0 Å². The van der Waals surface area contributed by atoms with Crippen molar-refractivity contribution >= 4 is 16.8 Å². The average molecular weight is 330 g/mol. The summed E-state index contributed by atoms with van der Waals surface area (Å²) in [5, 5.41) is 4.27. The fourth-order valence-electron chi connectivity index (χ4n) is 3.40. The molecule has 0 bridgehead atoms. The molecule has 0 saturated heterocycles. The molecule has 1 aliphatic carbocycles. The molecule has 1 fully saturated rings. The van der Waals surface area contributed by atoms with Crippen LogP contribution in [0.1, 0.15) is 46.1 Å². The van der Waals surface area contributed by atoms with E-state index in [1.165, 1.54) is 24.0 Å². The smallest absolute Gasteiger partial charge is 0.253 e. The lowest BCUT2D eigenvalue weighted by atomic mass is 10.0. The van der Waals surface area contributed by atoms with Crippen molar-refractivity contribution in [3.8, 4) is 0 Å². The molecule has 3 heteroatoms. The van der Waals surface area contributed by atoms with Gasteiger partial charge in [0.25, 0.3) is 5.91 Å². The van der Waals surface area contributed by atoms with E-state index in [0.29, 0.717) is 11.5 Å². The third-order valence-electron chi connectivity index (χ3n) is 4.94. The Hall–Kier alpha value is -2.68. The summed E-state index contributed by atoms with van der Waals surface area (Å²) in [7, 11) is 0. The topological polar surface area (TPSA) is 42.0 Å². The molecule has 2 aromatic carbocycles. The normalized spacial score (nSPS) is 15.1. The first kappa shape index (κ1) is 15.8. The number of hydrogen-bond donors (Lipinski definition) is 1. The minimum Gasteiger partial charge on any atom is -0.345 e. The molecule has 126 valence electrons. The van der Waals surface area contributed by atoms with Gasteiger partial charge in [-0.3, -0.25) is 9.78 Å². The third kappa shape index (κ3) is 3.27. The zero-order chi connectivity index (χ0) is 17.4. The van der Waals surface area contributed by atoms with Gasteiger partial charge < -0.3 is 5.32 Å². The van der Waals surface area contributed by atoms with Crippen LogP contribution in [-0.4, -0.2) is 10.9 Å². The number of fused-ring (bicyclic) bond motifs is 1. The van der Waals surface area contributed by atoms with Gasteiger partial charge in [0, 0.05) is 5.39 Å². The quantitative estimate of drug-likeness (QED) is 0.751. The fourth-order valence-corrected chi connectivity index (χ4v) is 3.40. The summed E-state index contributed by atoms with van der Waals surface area (Å²) in [5.41, 5.74) is 4.72. The van der Waals surface area contributed by atoms with Gasteiger partial charge in [0.05, 0.1) is 22.8 Å². The average Bonchev–Trinajstić information content (AvgIpc) is 3.45. The molecule has 1 unspecified atom stereocenters. The van der Waals surface area contributed by atoms with Gasteiger partial charge in [-0.2, -0.15) is 0 Å². The molecule has 0 aliphatic heterocycles. The number of carbonyl (C=O) groups is 1. The lowest BCUT2D eigenvalue weighted by molar-refractivity contribution is 0.0931. The fraction of sp³-hybridized carbons (Fsp3) is 0.273. The van der Waals surface area contributed by atoms with Crippen LogP contribution in [0.5, 0.6) is 0 Å². The molecular weight excluding hydrogens is 308 g/mol. The molecule has 1 atom stereocenters. The number of hydrogen-bond acceptors (Lipinski definition) is 2. The van der Waals surface area contributed by atoms with Crippen LogP contribution in [-0.2, 0) is 0 Å². The van der Waals surface area contributed by atoms with Crippen molar-refractivity contribution in [2.45, 2.75) is 32.7 Å². The predicted molar refractivity (Wildman–Crippen MR) is 101 cm³/mol. The molecule has 1 heterocycles. The van der Waals surface area contributed by atoms with E-state index in [0.717, 1.165) is 16.6 Å². The summed E-state index contributed by atoms with van der Waals surface area (Å²) in [6.07, 6.45) is 2.35. The van der Waals surface area contributed by atoms with Crippen molar-refractivity contribution in [2.75, 3.05) is 0 Å². The van der Waals surface area contributed by atoms with Crippen LogP contribution >= 0.6 is 0 Å². The Bertz CT molecular complexity index is 929. The molecule has 1 saturated carbocycles. The van der Waals surface area contributed by atoms with E-state index in [4.69, 9.17) is 0 Å². The maximum Gasteiger partial charge on any atom is 0.253 e.